The molecule has 2 atom stereocenters. The molecule has 0 aliphatic rings. The van der Waals surface area contributed by atoms with E-state index < -0.39 is 6.04 Å². The van der Waals surface area contributed by atoms with Crippen molar-refractivity contribution in [1.82, 2.24) is 5.32 Å². The first-order valence-electron chi connectivity index (χ1n) is 5.85. The van der Waals surface area contributed by atoms with Crippen LogP contribution in [0, 0.1) is 24.2 Å². The Morgan fingerprint density at radius 3 is 2.65 bits per heavy atom. The van der Waals surface area contributed by atoms with E-state index in [9.17, 15) is 4.79 Å². The average molecular weight is 230 g/mol. The number of nitriles is 1. The molecule has 0 saturated heterocycles. The molecule has 1 aromatic rings. The third kappa shape index (κ3) is 3.32. The van der Waals surface area contributed by atoms with Crippen LogP contribution >= 0.6 is 0 Å². The molecule has 0 aromatic heterocycles. The van der Waals surface area contributed by atoms with Crippen LogP contribution in [-0.4, -0.2) is 5.91 Å². The highest BCUT2D eigenvalue weighted by molar-refractivity contribution is 5.79. The van der Waals surface area contributed by atoms with Gasteiger partial charge in [-0.3, -0.25) is 4.79 Å². The number of rotatable bonds is 4. The molecule has 1 rings (SSSR count). The lowest BCUT2D eigenvalue weighted by atomic mass is 10.0. The maximum atomic E-state index is 11.8. The number of nitrogens with one attached hydrogen (secondary N) is 1. The Morgan fingerprint density at radius 1 is 1.47 bits per heavy atom. The van der Waals surface area contributed by atoms with Gasteiger partial charge in [-0.05, 0) is 24.5 Å². The van der Waals surface area contributed by atoms with Crippen molar-refractivity contribution in [1.29, 1.82) is 5.26 Å². The minimum atomic E-state index is -0.558. The first kappa shape index (κ1) is 13.2. The third-order valence-electron chi connectivity index (χ3n) is 2.98. The van der Waals surface area contributed by atoms with E-state index in [-0.39, 0.29) is 11.8 Å². The number of aryl methyl sites for hydroxylation is 1. The van der Waals surface area contributed by atoms with Gasteiger partial charge >= 0.3 is 0 Å². The SMILES string of the molecule is CC[C@H](C)C(=O)N[C@@H](C#N)c1ccccc1C. The zero-order valence-corrected chi connectivity index (χ0v) is 10.5. The van der Waals surface area contributed by atoms with Crippen LogP contribution in [0.25, 0.3) is 0 Å². The van der Waals surface area contributed by atoms with Gasteiger partial charge in [0.25, 0.3) is 0 Å². The van der Waals surface area contributed by atoms with Crippen LogP contribution in [0.3, 0.4) is 0 Å². The molecule has 17 heavy (non-hydrogen) atoms. The van der Waals surface area contributed by atoms with E-state index >= 15 is 0 Å². The van der Waals surface area contributed by atoms with Crippen molar-refractivity contribution >= 4 is 5.91 Å². The van der Waals surface area contributed by atoms with Crippen molar-refractivity contribution in [2.75, 3.05) is 0 Å². The summed E-state index contributed by atoms with van der Waals surface area (Å²) in [6.07, 6.45) is 0.776. The molecular formula is C14H18N2O. The summed E-state index contributed by atoms with van der Waals surface area (Å²) in [5.74, 6) is -0.128. The minimum absolute atomic E-state index is 0.0603. The molecule has 1 aromatic carbocycles. The minimum Gasteiger partial charge on any atom is -0.336 e. The highest BCUT2D eigenvalue weighted by Crippen LogP contribution is 2.17. The molecule has 90 valence electrons. The molecule has 1 amide bonds. The van der Waals surface area contributed by atoms with Gasteiger partial charge in [-0.2, -0.15) is 5.26 Å². The van der Waals surface area contributed by atoms with Gasteiger partial charge in [-0.1, -0.05) is 38.1 Å². The van der Waals surface area contributed by atoms with Crippen molar-refractivity contribution < 1.29 is 4.79 Å². The summed E-state index contributed by atoms with van der Waals surface area (Å²) in [5.41, 5.74) is 1.88. The van der Waals surface area contributed by atoms with Gasteiger partial charge < -0.3 is 5.32 Å². The van der Waals surface area contributed by atoms with Crippen molar-refractivity contribution in [2.24, 2.45) is 5.92 Å². The molecule has 0 fully saturated rings. The Kier molecular flexibility index (Phi) is 4.71. The maximum absolute atomic E-state index is 11.8. The molecule has 0 aliphatic heterocycles. The molecule has 0 spiro atoms. The van der Waals surface area contributed by atoms with Crippen LogP contribution < -0.4 is 5.32 Å². The van der Waals surface area contributed by atoms with Crippen molar-refractivity contribution in [3.63, 3.8) is 0 Å². The summed E-state index contributed by atoms with van der Waals surface area (Å²) >= 11 is 0. The molecule has 1 N–H and O–H groups in total. The average Bonchev–Trinajstić information content (AvgIpc) is 2.35. The molecule has 0 heterocycles. The monoisotopic (exact) mass is 230 g/mol. The molecule has 0 bridgehead atoms. The second-order valence-corrected chi connectivity index (χ2v) is 4.24. The second-order valence-electron chi connectivity index (χ2n) is 4.24. The number of hydrogen-bond donors (Lipinski definition) is 1. The maximum Gasteiger partial charge on any atom is 0.224 e. The van der Waals surface area contributed by atoms with Crippen LogP contribution in [0.5, 0.6) is 0 Å². The van der Waals surface area contributed by atoms with Gasteiger partial charge in [0.05, 0.1) is 6.07 Å². The zero-order chi connectivity index (χ0) is 12.8. The quantitative estimate of drug-likeness (QED) is 0.864. The van der Waals surface area contributed by atoms with Gasteiger partial charge in [0.2, 0.25) is 5.91 Å². The first-order valence-corrected chi connectivity index (χ1v) is 5.85. The van der Waals surface area contributed by atoms with E-state index in [4.69, 9.17) is 5.26 Å². The van der Waals surface area contributed by atoms with E-state index in [2.05, 4.69) is 11.4 Å². The fourth-order valence-corrected chi connectivity index (χ4v) is 1.56. The van der Waals surface area contributed by atoms with Crippen molar-refractivity contribution in [3.05, 3.63) is 35.4 Å². The van der Waals surface area contributed by atoms with E-state index in [0.29, 0.717) is 0 Å². The molecule has 0 saturated carbocycles. The Hall–Kier alpha value is -1.82. The summed E-state index contributed by atoms with van der Waals surface area (Å²) in [7, 11) is 0. The normalized spacial score (nSPS) is 13.5. The lowest BCUT2D eigenvalue weighted by Crippen LogP contribution is -2.32. The van der Waals surface area contributed by atoms with Crippen LogP contribution in [0.1, 0.15) is 37.4 Å². The number of carbonyl (C=O) groups excluding carboxylic acids is 1. The van der Waals surface area contributed by atoms with Crippen LogP contribution in [0.15, 0.2) is 24.3 Å². The van der Waals surface area contributed by atoms with Gasteiger partial charge in [0, 0.05) is 5.92 Å². The van der Waals surface area contributed by atoms with Crippen molar-refractivity contribution in [2.45, 2.75) is 33.2 Å². The van der Waals surface area contributed by atoms with Gasteiger partial charge in [-0.25, -0.2) is 0 Å². The summed E-state index contributed by atoms with van der Waals surface area (Å²) in [6, 6.07) is 9.19. The summed E-state index contributed by atoms with van der Waals surface area (Å²) < 4.78 is 0. The van der Waals surface area contributed by atoms with E-state index in [0.717, 1.165) is 17.5 Å². The number of nitrogens with zero attached hydrogens (tertiary/aromatic N) is 1. The van der Waals surface area contributed by atoms with E-state index in [1.165, 1.54) is 0 Å². The molecular weight excluding hydrogens is 212 g/mol. The first-order chi connectivity index (χ1) is 8.10. The van der Waals surface area contributed by atoms with Gasteiger partial charge in [0.15, 0.2) is 0 Å². The molecule has 0 radical (unpaired) electrons. The van der Waals surface area contributed by atoms with Gasteiger partial charge in [-0.15, -0.1) is 0 Å². The Morgan fingerprint density at radius 2 is 2.12 bits per heavy atom. The lowest BCUT2D eigenvalue weighted by Gasteiger charge is -2.16. The second kappa shape index (κ2) is 6.05. The summed E-state index contributed by atoms with van der Waals surface area (Å²) in [6.45, 7) is 5.76. The van der Waals surface area contributed by atoms with Crippen molar-refractivity contribution in [3.8, 4) is 6.07 Å². The Balaban J connectivity index is 2.84. The van der Waals surface area contributed by atoms with Crippen LogP contribution in [-0.2, 0) is 4.79 Å². The Labute approximate surface area is 102 Å². The highest BCUT2D eigenvalue weighted by atomic mass is 16.1. The highest BCUT2D eigenvalue weighted by Gasteiger charge is 2.18. The molecule has 3 nitrogen and oxygen atoms in total. The molecule has 3 heteroatoms. The number of amides is 1. The summed E-state index contributed by atoms with van der Waals surface area (Å²) in [4.78, 5) is 11.8. The smallest absolute Gasteiger partial charge is 0.224 e. The largest absolute Gasteiger partial charge is 0.336 e. The fraction of sp³-hybridized carbons (Fsp3) is 0.429. The third-order valence-corrected chi connectivity index (χ3v) is 2.98. The molecule has 0 unspecified atom stereocenters. The van der Waals surface area contributed by atoms with Crippen LogP contribution in [0.4, 0.5) is 0 Å². The predicted molar refractivity (Wildman–Crippen MR) is 67.1 cm³/mol. The predicted octanol–water partition coefficient (Wildman–Crippen LogP) is 2.72. The Bertz CT molecular complexity index is 434. The number of hydrogen-bond acceptors (Lipinski definition) is 2. The van der Waals surface area contributed by atoms with E-state index in [1.807, 2.05) is 45.0 Å². The van der Waals surface area contributed by atoms with Gasteiger partial charge in [0.1, 0.15) is 6.04 Å². The lowest BCUT2D eigenvalue weighted by molar-refractivity contribution is -0.125. The topological polar surface area (TPSA) is 52.9 Å². The van der Waals surface area contributed by atoms with E-state index in [1.54, 1.807) is 0 Å². The standard InChI is InChI=1S/C14H18N2O/c1-4-10(2)14(17)16-13(9-15)12-8-6-5-7-11(12)3/h5-8,10,13H,4H2,1-3H3,(H,16,17)/t10-,13-/m0/s1. The molecule has 0 aliphatic carbocycles. The fourth-order valence-electron chi connectivity index (χ4n) is 1.56. The summed E-state index contributed by atoms with van der Waals surface area (Å²) in [5, 5.41) is 11.9. The zero-order valence-electron chi connectivity index (χ0n) is 10.5. The van der Waals surface area contributed by atoms with Crippen LogP contribution in [0.2, 0.25) is 0 Å². The number of benzene rings is 1. The number of carbonyl (C=O) groups is 1.